The number of carbonyl (C=O) groups is 2. The number of ether oxygens (including phenoxy) is 2. The van der Waals surface area contributed by atoms with Gasteiger partial charge >= 0.3 is 0 Å². The Balaban J connectivity index is 1.21. The van der Waals surface area contributed by atoms with Gasteiger partial charge in [0.2, 0.25) is 11.7 Å². The summed E-state index contributed by atoms with van der Waals surface area (Å²) in [6, 6.07) is 5.42. The number of hydrogen-bond acceptors (Lipinski definition) is 6. The minimum atomic E-state index is -0.118. The highest BCUT2D eigenvalue weighted by Gasteiger charge is 2.25. The van der Waals surface area contributed by atoms with E-state index in [1.165, 1.54) is 6.33 Å². The average molecular weight is 385 g/mol. The maximum absolute atomic E-state index is 12.3. The molecule has 2 aliphatic heterocycles. The van der Waals surface area contributed by atoms with E-state index < -0.39 is 0 Å². The van der Waals surface area contributed by atoms with E-state index in [4.69, 9.17) is 9.47 Å². The molecule has 0 bridgehead atoms. The molecule has 0 atom stereocenters. The second kappa shape index (κ2) is 8.28. The molecule has 2 aliphatic rings. The van der Waals surface area contributed by atoms with Crippen molar-refractivity contribution in [2.45, 2.75) is 25.7 Å². The predicted molar refractivity (Wildman–Crippen MR) is 100 cm³/mol. The smallest absolute Gasteiger partial charge is 0.291 e. The number of amides is 2. The highest BCUT2D eigenvalue weighted by Crippen LogP contribution is 2.32. The molecule has 1 aromatic carbocycles. The van der Waals surface area contributed by atoms with Crippen molar-refractivity contribution in [3.8, 4) is 11.5 Å². The first kappa shape index (κ1) is 18.3. The average Bonchev–Trinajstić information content (AvgIpc) is 3.27. The molecule has 9 nitrogen and oxygen atoms in total. The van der Waals surface area contributed by atoms with Crippen LogP contribution in [-0.2, 0) is 4.79 Å². The van der Waals surface area contributed by atoms with Crippen molar-refractivity contribution in [1.82, 2.24) is 20.1 Å². The summed E-state index contributed by atoms with van der Waals surface area (Å²) in [6.45, 7) is 2.41. The predicted octanol–water partition coefficient (Wildman–Crippen LogP) is 1.85. The fraction of sp³-hybridized carbons (Fsp3) is 0.474. The monoisotopic (exact) mass is 385 g/mol. The molecule has 0 aliphatic carbocycles. The lowest BCUT2D eigenvalue weighted by Crippen LogP contribution is -2.39. The molecule has 148 valence electrons. The first-order chi connectivity index (χ1) is 13.7. The Morgan fingerprint density at radius 3 is 2.71 bits per heavy atom. The van der Waals surface area contributed by atoms with Crippen LogP contribution in [0.1, 0.15) is 36.3 Å². The maximum Gasteiger partial charge on any atom is 0.291 e. The van der Waals surface area contributed by atoms with Gasteiger partial charge in [0.1, 0.15) is 19.5 Å². The van der Waals surface area contributed by atoms with Crippen LogP contribution in [0.15, 0.2) is 24.5 Å². The summed E-state index contributed by atoms with van der Waals surface area (Å²) in [7, 11) is 0. The number of rotatable bonds is 5. The molecule has 9 heteroatoms. The molecule has 2 N–H and O–H groups in total. The number of hydrogen-bond donors (Lipinski definition) is 2. The lowest BCUT2D eigenvalue weighted by Gasteiger charge is -2.31. The molecule has 4 rings (SSSR count). The minimum Gasteiger partial charge on any atom is -0.486 e. The van der Waals surface area contributed by atoms with Crippen LogP contribution < -0.4 is 14.8 Å². The molecule has 0 spiro atoms. The van der Waals surface area contributed by atoms with Crippen molar-refractivity contribution in [3.63, 3.8) is 0 Å². The van der Waals surface area contributed by atoms with Crippen molar-refractivity contribution in [3.05, 3.63) is 30.4 Å². The Morgan fingerprint density at radius 2 is 1.96 bits per heavy atom. The maximum atomic E-state index is 12.3. The molecule has 2 amide bonds. The summed E-state index contributed by atoms with van der Waals surface area (Å²) >= 11 is 0. The van der Waals surface area contributed by atoms with Gasteiger partial charge in [-0.2, -0.15) is 5.10 Å². The van der Waals surface area contributed by atoms with E-state index in [2.05, 4.69) is 20.5 Å². The topological polar surface area (TPSA) is 109 Å². The molecule has 1 fully saturated rings. The first-order valence-corrected chi connectivity index (χ1v) is 9.53. The number of aromatic amines is 1. The number of nitrogens with one attached hydrogen (secondary N) is 2. The van der Waals surface area contributed by atoms with Crippen LogP contribution in [0, 0.1) is 5.92 Å². The summed E-state index contributed by atoms with van der Waals surface area (Å²) < 4.78 is 11.0. The number of H-pyrrole nitrogens is 1. The fourth-order valence-electron chi connectivity index (χ4n) is 3.56. The van der Waals surface area contributed by atoms with Crippen LogP contribution in [0.5, 0.6) is 11.5 Å². The van der Waals surface area contributed by atoms with Gasteiger partial charge in [0.15, 0.2) is 11.5 Å². The molecule has 1 saturated heterocycles. The molecular weight excluding hydrogens is 362 g/mol. The molecular formula is C19H23N5O4. The summed E-state index contributed by atoms with van der Waals surface area (Å²) in [4.78, 5) is 30.2. The van der Waals surface area contributed by atoms with Crippen LogP contribution >= 0.6 is 0 Å². The lowest BCUT2D eigenvalue weighted by molar-refractivity contribution is -0.116. The number of carbonyl (C=O) groups excluding carboxylic acids is 2. The number of piperidine rings is 1. The minimum absolute atomic E-state index is 0.0168. The Kier molecular flexibility index (Phi) is 5.41. The molecule has 1 aromatic heterocycles. The zero-order valence-corrected chi connectivity index (χ0v) is 15.5. The molecule has 3 heterocycles. The first-order valence-electron chi connectivity index (χ1n) is 9.53. The standard InChI is InChI=1S/C19H23N5O4/c25-17(22-14-2-3-15-16(11-14)28-10-9-27-15)4-1-13-5-7-24(8-6-13)19(26)18-20-12-21-23-18/h2-3,11-13H,1,4-10H2,(H,22,25)(H,20,21,23). The van der Waals surface area contributed by atoms with Crippen molar-refractivity contribution in [2.75, 3.05) is 31.6 Å². The number of aromatic nitrogens is 3. The van der Waals surface area contributed by atoms with Crippen LogP contribution in [-0.4, -0.2) is 58.2 Å². The van der Waals surface area contributed by atoms with Gasteiger partial charge in [0, 0.05) is 31.3 Å². The fourth-order valence-corrected chi connectivity index (χ4v) is 3.56. The van der Waals surface area contributed by atoms with Crippen molar-refractivity contribution in [1.29, 1.82) is 0 Å². The van der Waals surface area contributed by atoms with Crippen LogP contribution in [0.3, 0.4) is 0 Å². The van der Waals surface area contributed by atoms with Crippen molar-refractivity contribution in [2.24, 2.45) is 5.92 Å². The van der Waals surface area contributed by atoms with Gasteiger partial charge in [-0.05, 0) is 37.3 Å². The van der Waals surface area contributed by atoms with Crippen LogP contribution in [0.25, 0.3) is 0 Å². The van der Waals surface area contributed by atoms with Crippen molar-refractivity contribution >= 4 is 17.5 Å². The largest absolute Gasteiger partial charge is 0.486 e. The summed E-state index contributed by atoms with van der Waals surface area (Å²) in [5.41, 5.74) is 0.710. The van der Waals surface area contributed by atoms with Crippen LogP contribution in [0.2, 0.25) is 0 Å². The lowest BCUT2D eigenvalue weighted by atomic mass is 9.92. The summed E-state index contributed by atoms with van der Waals surface area (Å²) in [5, 5.41) is 9.24. The third-order valence-electron chi connectivity index (χ3n) is 5.12. The van der Waals surface area contributed by atoms with Gasteiger partial charge in [-0.3, -0.25) is 14.7 Å². The number of likely N-dealkylation sites (tertiary alicyclic amines) is 1. The Labute approximate surface area is 162 Å². The van der Waals surface area contributed by atoms with Gasteiger partial charge in [-0.1, -0.05) is 0 Å². The van der Waals surface area contributed by atoms with E-state index >= 15 is 0 Å². The van der Waals surface area contributed by atoms with E-state index in [0.29, 0.717) is 55.8 Å². The normalized spacial score (nSPS) is 16.6. The van der Waals surface area contributed by atoms with E-state index in [0.717, 1.165) is 19.3 Å². The van der Waals surface area contributed by atoms with Crippen LogP contribution in [0.4, 0.5) is 5.69 Å². The second-order valence-corrected chi connectivity index (χ2v) is 7.01. The quantitative estimate of drug-likeness (QED) is 0.813. The molecule has 0 unspecified atom stereocenters. The molecule has 28 heavy (non-hydrogen) atoms. The molecule has 2 aromatic rings. The van der Waals surface area contributed by atoms with E-state index in [1.807, 2.05) is 12.1 Å². The summed E-state index contributed by atoms with van der Waals surface area (Å²) in [6.07, 6.45) is 4.37. The Hall–Kier alpha value is -3.10. The van der Waals surface area contributed by atoms with E-state index in [9.17, 15) is 9.59 Å². The van der Waals surface area contributed by atoms with Gasteiger partial charge in [0.05, 0.1) is 0 Å². The Bertz CT molecular complexity index is 831. The zero-order valence-electron chi connectivity index (χ0n) is 15.5. The molecule has 0 saturated carbocycles. The SMILES string of the molecule is O=C(CCC1CCN(C(=O)c2ncn[nH]2)CC1)Nc1ccc2c(c1)OCCO2. The van der Waals surface area contributed by atoms with E-state index in [-0.39, 0.29) is 17.6 Å². The zero-order chi connectivity index (χ0) is 19.3. The summed E-state index contributed by atoms with van der Waals surface area (Å²) in [5.74, 6) is 1.94. The van der Waals surface area contributed by atoms with E-state index in [1.54, 1.807) is 11.0 Å². The van der Waals surface area contributed by atoms with Gasteiger partial charge in [-0.25, -0.2) is 4.98 Å². The highest BCUT2D eigenvalue weighted by molar-refractivity contribution is 5.91. The number of fused-ring (bicyclic) bond motifs is 1. The third kappa shape index (κ3) is 4.24. The third-order valence-corrected chi connectivity index (χ3v) is 5.12. The second-order valence-electron chi connectivity index (χ2n) is 7.01. The highest BCUT2D eigenvalue weighted by atomic mass is 16.6. The van der Waals surface area contributed by atoms with Gasteiger partial charge in [-0.15, -0.1) is 0 Å². The number of benzene rings is 1. The van der Waals surface area contributed by atoms with Gasteiger partial charge < -0.3 is 19.7 Å². The molecule has 0 radical (unpaired) electrons. The number of anilines is 1. The number of nitrogens with zero attached hydrogens (tertiary/aromatic N) is 3. The van der Waals surface area contributed by atoms with Gasteiger partial charge in [0.25, 0.3) is 5.91 Å². The van der Waals surface area contributed by atoms with Crippen molar-refractivity contribution < 1.29 is 19.1 Å². The Morgan fingerprint density at radius 1 is 1.18 bits per heavy atom.